The molecule has 19 heavy (non-hydrogen) atoms. The molecule has 1 aromatic carbocycles. The summed E-state index contributed by atoms with van der Waals surface area (Å²) in [4.78, 5) is 11.3. The molecule has 1 aromatic rings. The highest BCUT2D eigenvalue weighted by molar-refractivity contribution is 5.93. The topological polar surface area (TPSA) is 67.1 Å². The average molecular weight is 261 g/mol. The normalized spacial score (nSPS) is 15.0. The second-order valence-electron chi connectivity index (χ2n) is 5.96. The minimum atomic E-state index is -0.118. The number of nitrogens with one attached hydrogen (secondary N) is 2. The first kappa shape index (κ1) is 14.0. The number of amides is 1. The molecule has 0 atom stereocenters. The van der Waals surface area contributed by atoms with Gasteiger partial charge in [0.1, 0.15) is 0 Å². The largest absolute Gasteiger partial charge is 0.326 e. The van der Waals surface area contributed by atoms with Crippen molar-refractivity contribution in [2.75, 3.05) is 11.9 Å². The number of carbonyl (C=O) groups is 1. The fourth-order valence-corrected chi connectivity index (χ4v) is 2.19. The molecule has 0 radical (unpaired) electrons. The van der Waals surface area contributed by atoms with Gasteiger partial charge < -0.3 is 16.4 Å². The first-order valence-electron chi connectivity index (χ1n) is 6.85. The number of benzene rings is 1. The van der Waals surface area contributed by atoms with E-state index in [9.17, 15) is 4.79 Å². The van der Waals surface area contributed by atoms with Crippen molar-refractivity contribution >= 4 is 11.6 Å². The van der Waals surface area contributed by atoms with E-state index in [1.54, 1.807) is 0 Å². The first-order valence-corrected chi connectivity index (χ1v) is 6.85. The predicted octanol–water partition coefficient (Wildman–Crippen LogP) is 1.79. The fourth-order valence-electron chi connectivity index (χ4n) is 2.19. The van der Waals surface area contributed by atoms with Gasteiger partial charge in [0.15, 0.2) is 0 Å². The molecule has 104 valence electrons. The highest BCUT2D eigenvalue weighted by Crippen LogP contribution is 2.23. The summed E-state index contributed by atoms with van der Waals surface area (Å²) < 4.78 is 0. The summed E-state index contributed by atoms with van der Waals surface area (Å²) in [6.07, 6.45) is 2.38. The maximum absolute atomic E-state index is 11.3. The van der Waals surface area contributed by atoms with Gasteiger partial charge in [0.2, 0.25) is 5.91 Å². The Hall–Kier alpha value is -1.39. The Bertz CT molecular complexity index is 463. The average Bonchev–Trinajstić information content (AvgIpc) is 2.33. The lowest BCUT2D eigenvalue weighted by Crippen LogP contribution is -2.35. The van der Waals surface area contributed by atoms with Gasteiger partial charge >= 0.3 is 0 Å². The van der Waals surface area contributed by atoms with E-state index >= 15 is 0 Å². The van der Waals surface area contributed by atoms with Gasteiger partial charge in [-0.1, -0.05) is 12.1 Å². The lowest BCUT2D eigenvalue weighted by atomic mass is 10.00. The Morgan fingerprint density at radius 3 is 2.89 bits per heavy atom. The Morgan fingerprint density at radius 1 is 1.37 bits per heavy atom. The molecule has 4 nitrogen and oxygen atoms in total. The summed E-state index contributed by atoms with van der Waals surface area (Å²) in [6, 6.07) is 6.23. The van der Waals surface area contributed by atoms with Crippen LogP contribution < -0.4 is 16.4 Å². The van der Waals surface area contributed by atoms with Crippen molar-refractivity contribution in [2.45, 2.75) is 45.2 Å². The molecule has 0 aromatic heterocycles. The number of hydrogen-bond acceptors (Lipinski definition) is 3. The van der Waals surface area contributed by atoms with Gasteiger partial charge in [-0.05, 0) is 50.4 Å². The van der Waals surface area contributed by atoms with Gasteiger partial charge in [0.05, 0.1) is 0 Å². The van der Waals surface area contributed by atoms with Gasteiger partial charge in [-0.3, -0.25) is 4.79 Å². The quantitative estimate of drug-likeness (QED) is 0.708. The molecule has 0 fully saturated rings. The minimum Gasteiger partial charge on any atom is -0.326 e. The standard InChI is InChI=1S/C15H23N3O/c1-15(2,16)7-8-17-10-11-3-5-13-12(9-11)4-6-14(19)18-13/h3,5,9,17H,4,6-8,10,16H2,1-2H3,(H,18,19). The van der Waals surface area contributed by atoms with E-state index in [0.29, 0.717) is 6.42 Å². The Balaban J connectivity index is 1.87. The summed E-state index contributed by atoms with van der Waals surface area (Å²) in [7, 11) is 0. The van der Waals surface area contributed by atoms with Crippen LogP contribution in [-0.4, -0.2) is 18.0 Å². The van der Waals surface area contributed by atoms with E-state index in [-0.39, 0.29) is 11.4 Å². The van der Waals surface area contributed by atoms with Crippen molar-refractivity contribution in [3.05, 3.63) is 29.3 Å². The lowest BCUT2D eigenvalue weighted by Gasteiger charge is -2.19. The van der Waals surface area contributed by atoms with E-state index in [1.165, 1.54) is 11.1 Å². The molecular formula is C15H23N3O. The molecule has 1 aliphatic heterocycles. The van der Waals surface area contributed by atoms with Gasteiger partial charge in [-0.2, -0.15) is 0 Å². The summed E-state index contributed by atoms with van der Waals surface area (Å²) in [5.74, 6) is 0.114. The second kappa shape index (κ2) is 5.72. The molecule has 0 spiro atoms. The van der Waals surface area contributed by atoms with Crippen LogP contribution in [0.1, 0.15) is 37.8 Å². The van der Waals surface area contributed by atoms with Crippen molar-refractivity contribution in [3.8, 4) is 0 Å². The molecule has 4 N–H and O–H groups in total. The number of nitrogens with two attached hydrogens (primary N) is 1. The van der Waals surface area contributed by atoms with Crippen molar-refractivity contribution in [2.24, 2.45) is 5.73 Å². The Morgan fingerprint density at radius 2 is 2.16 bits per heavy atom. The first-order chi connectivity index (χ1) is 8.94. The lowest BCUT2D eigenvalue weighted by molar-refractivity contribution is -0.116. The van der Waals surface area contributed by atoms with E-state index in [0.717, 1.165) is 31.6 Å². The third kappa shape index (κ3) is 4.33. The van der Waals surface area contributed by atoms with Gasteiger partial charge in [0, 0.05) is 24.2 Å². The van der Waals surface area contributed by atoms with Crippen LogP contribution in [0.15, 0.2) is 18.2 Å². The molecule has 0 aliphatic carbocycles. The van der Waals surface area contributed by atoms with E-state index in [2.05, 4.69) is 22.8 Å². The van der Waals surface area contributed by atoms with E-state index in [4.69, 9.17) is 5.73 Å². The zero-order valence-electron chi connectivity index (χ0n) is 11.8. The van der Waals surface area contributed by atoms with E-state index < -0.39 is 0 Å². The summed E-state index contributed by atoms with van der Waals surface area (Å²) in [5.41, 5.74) is 9.27. The van der Waals surface area contributed by atoms with Gasteiger partial charge in [-0.15, -0.1) is 0 Å². The maximum Gasteiger partial charge on any atom is 0.224 e. The van der Waals surface area contributed by atoms with E-state index in [1.807, 2.05) is 19.9 Å². The summed E-state index contributed by atoms with van der Waals surface area (Å²) in [5, 5.41) is 6.30. The number of hydrogen-bond donors (Lipinski definition) is 3. The smallest absolute Gasteiger partial charge is 0.224 e. The SMILES string of the molecule is CC(C)(N)CCNCc1ccc2c(c1)CCC(=O)N2. The monoisotopic (exact) mass is 261 g/mol. The highest BCUT2D eigenvalue weighted by atomic mass is 16.1. The van der Waals surface area contributed by atoms with Crippen molar-refractivity contribution in [1.29, 1.82) is 0 Å². The molecule has 1 heterocycles. The maximum atomic E-state index is 11.3. The molecular weight excluding hydrogens is 238 g/mol. The highest BCUT2D eigenvalue weighted by Gasteiger charge is 2.14. The minimum absolute atomic E-state index is 0.114. The van der Waals surface area contributed by atoms with Crippen LogP contribution >= 0.6 is 0 Å². The number of fused-ring (bicyclic) bond motifs is 1. The number of aryl methyl sites for hydroxylation is 1. The fraction of sp³-hybridized carbons (Fsp3) is 0.533. The molecule has 0 bridgehead atoms. The van der Waals surface area contributed by atoms with Crippen LogP contribution in [-0.2, 0) is 17.8 Å². The van der Waals surface area contributed by atoms with Crippen LogP contribution in [0.3, 0.4) is 0 Å². The molecule has 0 saturated carbocycles. The Kier molecular flexibility index (Phi) is 4.22. The molecule has 1 aliphatic rings. The van der Waals surface area contributed by atoms with Crippen molar-refractivity contribution < 1.29 is 4.79 Å². The third-order valence-electron chi connectivity index (χ3n) is 3.34. The predicted molar refractivity (Wildman–Crippen MR) is 78.0 cm³/mol. The van der Waals surface area contributed by atoms with Gasteiger partial charge in [0.25, 0.3) is 0 Å². The van der Waals surface area contributed by atoms with Crippen molar-refractivity contribution in [3.63, 3.8) is 0 Å². The Labute approximate surface area is 114 Å². The zero-order valence-corrected chi connectivity index (χ0v) is 11.8. The zero-order chi connectivity index (χ0) is 13.9. The number of carbonyl (C=O) groups excluding carboxylic acids is 1. The van der Waals surface area contributed by atoms with Crippen LogP contribution in [0.5, 0.6) is 0 Å². The van der Waals surface area contributed by atoms with Crippen molar-refractivity contribution in [1.82, 2.24) is 5.32 Å². The molecule has 0 unspecified atom stereocenters. The third-order valence-corrected chi connectivity index (χ3v) is 3.34. The van der Waals surface area contributed by atoms with Gasteiger partial charge in [-0.25, -0.2) is 0 Å². The molecule has 1 amide bonds. The van der Waals surface area contributed by atoms with Crippen LogP contribution in [0.2, 0.25) is 0 Å². The number of rotatable bonds is 5. The molecule has 2 rings (SSSR count). The molecule has 4 heteroatoms. The van der Waals surface area contributed by atoms with Crippen LogP contribution in [0, 0.1) is 0 Å². The van der Waals surface area contributed by atoms with Crippen LogP contribution in [0.25, 0.3) is 0 Å². The van der Waals surface area contributed by atoms with Crippen LogP contribution in [0.4, 0.5) is 5.69 Å². The second-order valence-corrected chi connectivity index (χ2v) is 5.96. The summed E-state index contributed by atoms with van der Waals surface area (Å²) in [6.45, 7) is 5.83. The molecule has 0 saturated heterocycles. The number of anilines is 1. The summed E-state index contributed by atoms with van der Waals surface area (Å²) >= 11 is 0.